The van der Waals surface area contributed by atoms with Crippen molar-refractivity contribution in [2.45, 2.75) is 26.2 Å². The van der Waals surface area contributed by atoms with Gasteiger partial charge in [0.1, 0.15) is 0 Å². The highest BCUT2D eigenvalue weighted by Crippen LogP contribution is 2.22. The van der Waals surface area contributed by atoms with E-state index in [0.29, 0.717) is 11.1 Å². The second-order valence-corrected chi connectivity index (χ2v) is 7.57. The Labute approximate surface area is 149 Å². The normalized spacial score (nSPS) is 11.3. The number of nitrogens with one attached hydrogen (secondary N) is 1. The van der Waals surface area contributed by atoms with Crippen LogP contribution in [0, 0.1) is 0 Å². The maximum Gasteiger partial charge on any atom is 0.363 e. The standard InChI is InChI=1S/C19H18N2O3S/c1-19(2,3)14-7-4-12(5-8-14)17(22)21-24-18(23)13-6-9-16-15(10-13)20-11-25-16/h4-11H,1-3H3,(H,21,22). The number of hydroxylamine groups is 1. The fourth-order valence-corrected chi connectivity index (χ4v) is 2.98. The van der Waals surface area contributed by atoms with Crippen molar-refractivity contribution < 1.29 is 14.4 Å². The quantitative estimate of drug-likeness (QED) is 0.704. The molecule has 3 aromatic rings. The van der Waals surface area contributed by atoms with E-state index in [1.165, 1.54) is 11.3 Å². The van der Waals surface area contributed by atoms with Crippen molar-refractivity contribution >= 4 is 33.4 Å². The van der Waals surface area contributed by atoms with Crippen LogP contribution in [-0.4, -0.2) is 16.9 Å². The van der Waals surface area contributed by atoms with Gasteiger partial charge >= 0.3 is 5.97 Å². The zero-order chi connectivity index (χ0) is 18.0. The summed E-state index contributed by atoms with van der Waals surface area (Å²) >= 11 is 1.49. The van der Waals surface area contributed by atoms with E-state index < -0.39 is 11.9 Å². The van der Waals surface area contributed by atoms with E-state index in [1.54, 1.807) is 35.8 Å². The molecule has 6 heteroatoms. The Morgan fingerprint density at radius 3 is 2.40 bits per heavy atom. The number of carbonyl (C=O) groups excluding carboxylic acids is 2. The summed E-state index contributed by atoms with van der Waals surface area (Å²) in [4.78, 5) is 33.2. The van der Waals surface area contributed by atoms with E-state index in [4.69, 9.17) is 4.84 Å². The molecule has 0 saturated heterocycles. The van der Waals surface area contributed by atoms with E-state index >= 15 is 0 Å². The molecule has 0 atom stereocenters. The van der Waals surface area contributed by atoms with Crippen LogP contribution in [0.25, 0.3) is 10.2 Å². The monoisotopic (exact) mass is 354 g/mol. The van der Waals surface area contributed by atoms with Crippen molar-refractivity contribution in [3.63, 3.8) is 0 Å². The Bertz CT molecular complexity index is 924. The lowest BCUT2D eigenvalue weighted by atomic mass is 9.87. The molecule has 0 fully saturated rings. The molecule has 5 nitrogen and oxygen atoms in total. The van der Waals surface area contributed by atoms with Crippen LogP contribution in [0.2, 0.25) is 0 Å². The molecule has 0 aliphatic rings. The van der Waals surface area contributed by atoms with Gasteiger partial charge in [-0.25, -0.2) is 9.78 Å². The minimum absolute atomic E-state index is 0.00973. The van der Waals surface area contributed by atoms with Gasteiger partial charge in [0.05, 0.1) is 21.3 Å². The lowest BCUT2D eigenvalue weighted by molar-refractivity contribution is 0.0230. The van der Waals surface area contributed by atoms with Crippen LogP contribution in [0.3, 0.4) is 0 Å². The third kappa shape index (κ3) is 3.85. The van der Waals surface area contributed by atoms with Gasteiger partial charge in [0.2, 0.25) is 0 Å². The van der Waals surface area contributed by atoms with Crippen LogP contribution in [0.4, 0.5) is 0 Å². The van der Waals surface area contributed by atoms with E-state index in [0.717, 1.165) is 15.8 Å². The summed E-state index contributed by atoms with van der Waals surface area (Å²) in [5, 5.41) is 0. The first kappa shape index (κ1) is 17.1. The first-order valence-corrected chi connectivity index (χ1v) is 8.68. The maximum absolute atomic E-state index is 12.1. The van der Waals surface area contributed by atoms with Crippen molar-refractivity contribution in [3.05, 3.63) is 64.7 Å². The highest BCUT2D eigenvalue weighted by atomic mass is 32.1. The largest absolute Gasteiger partial charge is 0.363 e. The molecule has 1 aromatic heterocycles. The third-order valence-electron chi connectivity index (χ3n) is 3.82. The predicted molar refractivity (Wildman–Crippen MR) is 97.6 cm³/mol. The maximum atomic E-state index is 12.1. The summed E-state index contributed by atoms with van der Waals surface area (Å²) in [7, 11) is 0. The summed E-state index contributed by atoms with van der Waals surface area (Å²) in [5.41, 5.74) is 6.52. The van der Waals surface area contributed by atoms with E-state index in [2.05, 4.69) is 31.2 Å². The zero-order valence-corrected chi connectivity index (χ0v) is 15.0. The molecule has 1 amide bonds. The number of thiazole rings is 1. The summed E-state index contributed by atoms with van der Waals surface area (Å²) in [6, 6.07) is 12.3. The average molecular weight is 354 g/mol. The van der Waals surface area contributed by atoms with Crippen molar-refractivity contribution in [1.82, 2.24) is 10.5 Å². The van der Waals surface area contributed by atoms with Crippen LogP contribution in [-0.2, 0) is 10.3 Å². The van der Waals surface area contributed by atoms with E-state index in [1.807, 2.05) is 12.1 Å². The van der Waals surface area contributed by atoms with Crippen LogP contribution in [0.15, 0.2) is 48.0 Å². The van der Waals surface area contributed by atoms with Crippen LogP contribution >= 0.6 is 11.3 Å². The van der Waals surface area contributed by atoms with Gasteiger partial charge in [-0.3, -0.25) is 4.79 Å². The molecule has 0 radical (unpaired) electrons. The number of fused-ring (bicyclic) bond motifs is 1. The molecule has 0 aliphatic heterocycles. The number of rotatable bonds is 2. The Morgan fingerprint density at radius 2 is 1.72 bits per heavy atom. The SMILES string of the molecule is CC(C)(C)c1ccc(C(=O)NOC(=O)c2ccc3scnc3c2)cc1. The lowest BCUT2D eigenvalue weighted by Gasteiger charge is -2.18. The fraction of sp³-hybridized carbons (Fsp3) is 0.211. The number of hydrogen-bond donors (Lipinski definition) is 1. The topological polar surface area (TPSA) is 68.3 Å². The molecule has 128 valence electrons. The molecule has 2 aromatic carbocycles. The molecule has 1 N–H and O–H groups in total. The molecular weight excluding hydrogens is 336 g/mol. The number of nitrogens with zero attached hydrogens (tertiary/aromatic N) is 1. The summed E-state index contributed by atoms with van der Waals surface area (Å²) in [5.74, 6) is -1.10. The Morgan fingerprint density at radius 1 is 1.04 bits per heavy atom. The first-order valence-electron chi connectivity index (χ1n) is 7.80. The smallest absolute Gasteiger partial charge is 0.335 e. The number of hydrogen-bond acceptors (Lipinski definition) is 5. The van der Waals surface area contributed by atoms with Crippen molar-refractivity contribution in [2.24, 2.45) is 0 Å². The molecular formula is C19H18N2O3S. The first-order chi connectivity index (χ1) is 11.8. The highest BCUT2D eigenvalue weighted by molar-refractivity contribution is 7.16. The minimum Gasteiger partial charge on any atom is -0.335 e. The average Bonchev–Trinajstić information content (AvgIpc) is 3.06. The molecule has 3 rings (SSSR count). The Hall–Kier alpha value is -2.73. The van der Waals surface area contributed by atoms with Crippen molar-refractivity contribution in [1.29, 1.82) is 0 Å². The number of benzene rings is 2. The summed E-state index contributed by atoms with van der Waals surface area (Å²) in [6.45, 7) is 6.30. The second kappa shape index (κ2) is 6.64. The van der Waals surface area contributed by atoms with Gasteiger partial charge in [0.15, 0.2) is 0 Å². The van der Waals surface area contributed by atoms with Gasteiger partial charge in [-0.2, -0.15) is 5.48 Å². The minimum atomic E-state index is -0.630. The number of carbonyl (C=O) groups is 2. The molecule has 0 bridgehead atoms. The van der Waals surface area contributed by atoms with Crippen molar-refractivity contribution in [2.75, 3.05) is 0 Å². The van der Waals surface area contributed by atoms with Gasteiger partial charge in [-0.05, 0) is 41.3 Å². The highest BCUT2D eigenvalue weighted by Gasteiger charge is 2.15. The number of amides is 1. The van der Waals surface area contributed by atoms with Gasteiger partial charge in [-0.15, -0.1) is 11.3 Å². The summed E-state index contributed by atoms with van der Waals surface area (Å²) in [6.07, 6.45) is 0. The van der Waals surface area contributed by atoms with E-state index in [9.17, 15) is 9.59 Å². The third-order valence-corrected chi connectivity index (χ3v) is 4.63. The lowest BCUT2D eigenvalue weighted by Crippen LogP contribution is -2.27. The van der Waals surface area contributed by atoms with E-state index in [-0.39, 0.29) is 5.41 Å². The van der Waals surface area contributed by atoms with Gasteiger partial charge in [0.25, 0.3) is 5.91 Å². The molecule has 0 saturated carbocycles. The summed E-state index contributed by atoms with van der Waals surface area (Å²) < 4.78 is 0.986. The van der Waals surface area contributed by atoms with Gasteiger partial charge in [-0.1, -0.05) is 32.9 Å². The molecule has 25 heavy (non-hydrogen) atoms. The van der Waals surface area contributed by atoms with Crippen LogP contribution < -0.4 is 5.48 Å². The molecule has 0 unspecified atom stereocenters. The predicted octanol–water partition coefficient (Wildman–Crippen LogP) is 4.10. The fourth-order valence-electron chi connectivity index (χ4n) is 2.32. The Kier molecular flexibility index (Phi) is 4.55. The number of aromatic nitrogens is 1. The van der Waals surface area contributed by atoms with Crippen LogP contribution in [0.5, 0.6) is 0 Å². The zero-order valence-electron chi connectivity index (χ0n) is 14.2. The van der Waals surface area contributed by atoms with Crippen molar-refractivity contribution in [3.8, 4) is 0 Å². The van der Waals surface area contributed by atoms with Gasteiger partial charge in [0, 0.05) is 5.56 Å². The molecule has 0 spiro atoms. The van der Waals surface area contributed by atoms with Crippen LogP contribution in [0.1, 0.15) is 47.1 Å². The molecule has 0 aliphatic carbocycles. The van der Waals surface area contributed by atoms with Gasteiger partial charge < -0.3 is 4.84 Å². The second-order valence-electron chi connectivity index (χ2n) is 6.68. The molecule has 1 heterocycles. The Balaban J connectivity index is 1.64.